The highest BCUT2D eigenvalue weighted by molar-refractivity contribution is 7.91. The molecule has 33 heavy (non-hydrogen) atoms. The standard InChI is InChI=1S/C22H30N6O4S/c1-5-17(27(4)23-3)20-19-18(28(26-20)16-6-9-32-10-7-16)12-15(13-24-19)21(29)25-22(2)8-11-33(30,31)14-22/h5,12-13,16H,3,6-11,14H2,1-2,4H3,(H,25,29)/b17-5-/t22-/m0/s1. The topological polar surface area (TPSA) is 119 Å². The predicted molar refractivity (Wildman–Crippen MR) is 127 cm³/mol. The average molecular weight is 475 g/mol. The van der Waals surface area contributed by atoms with Crippen molar-refractivity contribution in [3.63, 3.8) is 0 Å². The monoisotopic (exact) mass is 474 g/mol. The van der Waals surface area contributed by atoms with Gasteiger partial charge in [-0.1, -0.05) is 6.08 Å². The fraction of sp³-hybridized carbons (Fsp3) is 0.545. The van der Waals surface area contributed by atoms with E-state index in [9.17, 15) is 13.2 Å². The van der Waals surface area contributed by atoms with Crippen LogP contribution in [0.5, 0.6) is 0 Å². The third-order valence-corrected chi connectivity index (χ3v) is 8.24. The van der Waals surface area contributed by atoms with Crippen LogP contribution in [0.1, 0.15) is 55.2 Å². The minimum atomic E-state index is -3.14. The Morgan fingerprint density at radius 2 is 2.15 bits per heavy atom. The summed E-state index contributed by atoms with van der Waals surface area (Å²) in [4.78, 5) is 17.7. The first kappa shape index (κ1) is 23.4. The summed E-state index contributed by atoms with van der Waals surface area (Å²) in [6.07, 6.45) is 5.42. The zero-order chi connectivity index (χ0) is 23.8. The Morgan fingerprint density at radius 3 is 2.76 bits per heavy atom. The lowest BCUT2D eigenvalue weighted by Crippen LogP contribution is -2.46. The number of nitrogens with zero attached hydrogens (tertiary/aromatic N) is 5. The largest absolute Gasteiger partial charge is 0.381 e. The van der Waals surface area contributed by atoms with Gasteiger partial charge in [0.1, 0.15) is 11.2 Å². The number of ether oxygens (including phenoxy) is 1. The number of pyridine rings is 1. The molecule has 0 spiro atoms. The van der Waals surface area contributed by atoms with Crippen molar-refractivity contribution < 1.29 is 17.9 Å². The van der Waals surface area contributed by atoms with Crippen LogP contribution >= 0.6 is 0 Å². The lowest BCUT2D eigenvalue weighted by atomic mass is 10.0. The van der Waals surface area contributed by atoms with E-state index in [0.29, 0.717) is 36.4 Å². The molecule has 0 bridgehead atoms. The Bertz CT molecular complexity index is 1210. The molecule has 2 saturated heterocycles. The van der Waals surface area contributed by atoms with Crippen LogP contribution < -0.4 is 5.32 Å². The molecular formula is C22H30N6O4S. The first-order valence-electron chi connectivity index (χ1n) is 11.0. The minimum absolute atomic E-state index is 0.0584. The average Bonchev–Trinajstić information content (AvgIpc) is 3.30. The molecule has 178 valence electrons. The highest BCUT2D eigenvalue weighted by atomic mass is 32.2. The lowest BCUT2D eigenvalue weighted by Gasteiger charge is -2.24. The van der Waals surface area contributed by atoms with Crippen LogP contribution in [-0.4, -0.2) is 78.1 Å². The summed E-state index contributed by atoms with van der Waals surface area (Å²) in [5.41, 5.74) is 2.41. The molecule has 0 aromatic carbocycles. The van der Waals surface area contributed by atoms with Crippen molar-refractivity contribution in [3.8, 4) is 0 Å². The van der Waals surface area contributed by atoms with Gasteiger partial charge in [0.05, 0.1) is 39.9 Å². The molecule has 0 unspecified atom stereocenters. The molecule has 2 fully saturated rings. The number of hydrazone groups is 1. The van der Waals surface area contributed by atoms with Gasteiger partial charge in [-0.05, 0) is 39.2 Å². The summed E-state index contributed by atoms with van der Waals surface area (Å²) in [6.45, 7) is 8.56. The second kappa shape index (κ2) is 8.86. The molecule has 0 aliphatic carbocycles. The van der Waals surface area contributed by atoms with Gasteiger partial charge >= 0.3 is 0 Å². The summed E-state index contributed by atoms with van der Waals surface area (Å²) in [6, 6.07) is 1.90. The molecule has 10 nitrogen and oxygen atoms in total. The molecule has 2 aromatic heterocycles. The van der Waals surface area contributed by atoms with Gasteiger partial charge in [0, 0.05) is 33.2 Å². The van der Waals surface area contributed by atoms with E-state index >= 15 is 0 Å². The van der Waals surface area contributed by atoms with E-state index in [1.165, 1.54) is 6.20 Å². The van der Waals surface area contributed by atoms with Gasteiger partial charge < -0.3 is 10.1 Å². The number of carbonyl (C=O) groups is 1. The molecule has 2 aliphatic rings. The Balaban J connectivity index is 1.75. The highest BCUT2D eigenvalue weighted by Gasteiger charge is 2.39. The maximum atomic E-state index is 13.1. The molecule has 2 aliphatic heterocycles. The van der Waals surface area contributed by atoms with Crippen LogP contribution in [0.15, 0.2) is 23.4 Å². The Kier molecular flexibility index (Phi) is 6.28. The predicted octanol–water partition coefficient (Wildman–Crippen LogP) is 2.00. The van der Waals surface area contributed by atoms with E-state index in [-0.39, 0.29) is 23.5 Å². The molecule has 4 rings (SSSR count). The molecule has 1 atom stereocenters. The summed E-state index contributed by atoms with van der Waals surface area (Å²) in [5, 5.41) is 13.4. The number of aromatic nitrogens is 3. The van der Waals surface area contributed by atoms with Crippen molar-refractivity contribution in [2.24, 2.45) is 5.10 Å². The van der Waals surface area contributed by atoms with E-state index in [1.807, 2.05) is 17.7 Å². The molecule has 2 aromatic rings. The first-order chi connectivity index (χ1) is 15.7. The quantitative estimate of drug-likeness (QED) is 0.502. The number of carbonyl (C=O) groups excluding carboxylic acids is 1. The van der Waals surface area contributed by atoms with Crippen molar-refractivity contribution >= 4 is 39.2 Å². The molecule has 4 heterocycles. The fourth-order valence-electron chi connectivity index (χ4n) is 4.53. The normalized spacial score (nSPS) is 23.5. The van der Waals surface area contributed by atoms with Crippen LogP contribution in [0, 0.1) is 0 Å². The van der Waals surface area contributed by atoms with E-state index in [0.717, 1.165) is 24.1 Å². The SMILES string of the molecule is C=NN(C)/C(=C\C)c1nn(C2CCOCC2)c2cc(C(=O)N[C@@]3(C)CCS(=O)(=O)C3)cnc12. The van der Waals surface area contributed by atoms with E-state index in [4.69, 9.17) is 9.84 Å². The zero-order valence-electron chi connectivity index (χ0n) is 19.2. The van der Waals surface area contributed by atoms with Gasteiger partial charge in [0.15, 0.2) is 9.84 Å². The first-order valence-corrected chi connectivity index (χ1v) is 12.8. The second-order valence-electron chi connectivity index (χ2n) is 8.92. The lowest BCUT2D eigenvalue weighted by molar-refractivity contribution is 0.0674. The molecule has 1 N–H and O–H groups in total. The summed E-state index contributed by atoms with van der Waals surface area (Å²) in [7, 11) is -1.35. The van der Waals surface area contributed by atoms with Crippen LogP contribution in [0.4, 0.5) is 0 Å². The summed E-state index contributed by atoms with van der Waals surface area (Å²) < 4.78 is 31.3. The van der Waals surface area contributed by atoms with Crippen molar-refractivity contribution in [2.75, 3.05) is 31.8 Å². The third-order valence-electron chi connectivity index (χ3n) is 6.34. The van der Waals surface area contributed by atoms with Gasteiger partial charge in [0.2, 0.25) is 0 Å². The summed E-state index contributed by atoms with van der Waals surface area (Å²) in [5.74, 6) is -0.323. The molecular weight excluding hydrogens is 444 g/mol. The molecule has 11 heteroatoms. The Labute approximate surface area is 193 Å². The summed E-state index contributed by atoms with van der Waals surface area (Å²) >= 11 is 0. The fourth-order valence-corrected chi connectivity index (χ4v) is 6.63. The van der Waals surface area contributed by atoms with Crippen molar-refractivity contribution in [1.29, 1.82) is 0 Å². The maximum Gasteiger partial charge on any atom is 0.253 e. The minimum Gasteiger partial charge on any atom is -0.381 e. The van der Waals surface area contributed by atoms with Crippen LogP contribution in [0.25, 0.3) is 16.7 Å². The van der Waals surface area contributed by atoms with Crippen molar-refractivity contribution in [3.05, 3.63) is 29.6 Å². The van der Waals surface area contributed by atoms with E-state index < -0.39 is 15.4 Å². The Morgan fingerprint density at radius 1 is 1.42 bits per heavy atom. The van der Waals surface area contributed by atoms with Gasteiger partial charge in [-0.3, -0.25) is 19.5 Å². The number of nitrogens with one attached hydrogen (secondary N) is 1. The maximum absolute atomic E-state index is 13.1. The smallest absolute Gasteiger partial charge is 0.253 e. The highest BCUT2D eigenvalue weighted by Crippen LogP contribution is 2.31. The number of allylic oxidation sites excluding steroid dienone is 1. The van der Waals surface area contributed by atoms with Crippen LogP contribution in [0.3, 0.4) is 0 Å². The molecule has 0 radical (unpaired) electrons. The van der Waals surface area contributed by atoms with Gasteiger partial charge in [-0.2, -0.15) is 10.2 Å². The number of sulfone groups is 1. The van der Waals surface area contributed by atoms with Crippen molar-refractivity contribution in [2.45, 2.75) is 44.7 Å². The molecule has 0 saturated carbocycles. The zero-order valence-corrected chi connectivity index (χ0v) is 20.1. The third kappa shape index (κ3) is 4.65. The van der Waals surface area contributed by atoms with Gasteiger partial charge in [0.25, 0.3) is 5.91 Å². The number of fused-ring (bicyclic) bond motifs is 1. The second-order valence-corrected chi connectivity index (χ2v) is 11.1. The Hall–Kier alpha value is -2.79. The number of rotatable bonds is 6. The number of hydrogen-bond donors (Lipinski definition) is 1. The van der Waals surface area contributed by atoms with Crippen molar-refractivity contribution in [1.82, 2.24) is 25.1 Å². The van der Waals surface area contributed by atoms with Gasteiger partial charge in [-0.25, -0.2) is 8.42 Å². The van der Waals surface area contributed by atoms with Gasteiger partial charge in [-0.15, -0.1) is 0 Å². The van der Waals surface area contributed by atoms with Crippen LogP contribution in [-0.2, 0) is 14.6 Å². The number of amides is 1. The van der Waals surface area contributed by atoms with Crippen LogP contribution in [0.2, 0.25) is 0 Å². The number of hydrogen-bond acceptors (Lipinski definition) is 8. The molecule has 1 amide bonds. The van der Waals surface area contributed by atoms with E-state index in [1.54, 1.807) is 25.0 Å². The van der Waals surface area contributed by atoms with E-state index in [2.05, 4.69) is 22.1 Å².